The largest absolute Gasteiger partial charge is 0.462 e. The van der Waals surface area contributed by atoms with Gasteiger partial charge in [-0.2, -0.15) is 4.98 Å². The van der Waals surface area contributed by atoms with E-state index in [0.717, 1.165) is 22.9 Å². The lowest BCUT2D eigenvalue weighted by atomic mass is 10.0. The Morgan fingerprint density at radius 3 is 2.70 bits per heavy atom. The number of hydrogen-bond donors (Lipinski definition) is 2. The molecule has 4 atom stereocenters. The molecule has 4 rings (SSSR count). The van der Waals surface area contributed by atoms with Gasteiger partial charge < -0.3 is 15.0 Å². The zero-order valence-corrected chi connectivity index (χ0v) is 25.5. The van der Waals surface area contributed by atoms with Crippen LogP contribution >= 0.6 is 23.5 Å². The molecule has 1 aliphatic rings. The van der Waals surface area contributed by atoms with Gasteiger partial charge in [0.25, 0.3) is 5.56 Å². The van der Waals surface area contributed by atoms with E-state index in [-0.39, 0.29) is 35.8 Å². The number of fused-ring (bicyclic) bond motifs is 1. The van der Waals surface area contributed by atoms with Crippen LogP contribution in [-0.2, 0) is 18.6 Å². The monoisotopic (exact) mass is 635 g/mol. The van der Waals surface area contributed by atoms with Crippen molar-refractivity contribution in [1.82, 2.24) is 19.5 Å². The smallest absolute Gasteiger partial charge is 0.380 e. The number of nitrogens with zero attached hydrogens (tertiary/aromatic N) is 3. The Bertz CT molecular complexity index is 1500. The van der Waals surface area contributed by atoms with Gasteiger partial charge in [0.15, 0.2) is 11.2 Å². The van der Waals surface area contributed by atoms with Crippen LogP contribution < -0.4 is 15.8 Å². The number of imidazole rings is 1. The maximum atomic E-state index is 14.1. The molecule has 3 aromatic rings. The number of carbonyl (C=O) groups is 1. The zero-order chi connectivity index (χ0) is 29.1. The summed E-state index contributed by atoms with van der Waals surface area (Å²) in [6.45, 7) is 7.68. The minimum Gasteiger partial charge on any atom is -0.462 e. The molecular formula is C27H35BrN5O6P. The number of aromatic amines is 1. The molecule has 216 valence electrons. The van der Waals surface area contributed by atoms with Gasteiger partial charge in [-0.25, -0.2) is 9.55 Å². The van der Waals surface area contributed by atoms with E-state index >= 15 is 0 Å². The van der Waals surface area contributed by atoms with Crippen molar-refractivity contribution >= 4 is 52.8 Å². The Labute approximate surface area is 241 Å². The molecule has 0 amide bonds. The Hall–Kier alpha value is -2.95. The van der Waals surface area contributed by atoms with E-state index in [9.17, 15) is 14.2 Å². The number of aromatic nitrogens is 4. The number of rotatable bonds is 13. The number of nitrogens with one attached hydrogen (secondary N) is 1. The van der Waals surface area contributed by atoms with E-state index in [0.29, 0.717) is 24.2 Å². The second-order valence-corrected chi connectivity index (χ2v) is 13.2. The molecule has 2 heterocycles. The predicted molar refractivity (Wildman–Crippen MR) is 157 cm³/mol. The van der Waals surface area contributed by atoms with E-state index < -0.39 is 25.0 Å². The Balaban J connectivity index is 1.53. The molecule has 0 radical (unpaired) electrons. The van der Waals surface area contributed by atoms with Crippen molar-refractivity contribution in [2.24, 2.45) is 11.3 Å². The summed E-state index contributed by atoms with van der Waals surface area (Å²) in [5, 5.41) is 0. The van der Waals surface area contributed by atoms with Crippen LogP contribution in [0.2, 0.25) is 0 Å². The van der Waals surface area contributed by atoms with Crippen molar-refractivity contribution in [2.75, 3.05) is 18.5 Å². The first-order valence-corrected chi connectivity index (χ1v) is 15.8. The second-order valence-electron chi connectivity index (χ2n) is 10.3. The number of benzene rings is 1. The predicted octanol–water partition coefficient (Wildman–Crippen LogP) is 5.76. The highest BCUT2D eigenvalue weighted by Crippen LogP contribution is 2.59. The molecule has 3 N–H and O–H groups in total. The average Bonchev–Trinajstić information content (AvgIpc) is 3.44. The zero-order valence-electron chi connectivity index (χ0n) is 23.1. The van der Waals surface area contributed by atoms with Gasteiger partial charge in [0, 0.05) is 16.1 Å². The van der Waals surface area contributed by atoms with Gasteiger partial charge in [0.05, 0.1) is 24.8 Å². The first kappa shape index (κ1) is 30.0. The fourth-order valence-electron chi connectivity index (χ4n) is 4.49. The van der Waals surface area contributed by atoms with Crippen molar-refractivity contribution in [3.8, 4) is 5.75 Å². The van der Waals surface area contributed by atoms with E-state index in [2.05, 4.69) is 30.9 Å². The fraction of sp³-hybridized carbons (Fsp3) is 0.481. The molecule has 0 aliphatic heterocycles. The van der Waals surface area contributed by atoms with E-state index in [1.165, 1.54) is 6.33 Å². The molecule has 0 saturated heterocycles. The van der Waals surface area contributed by atoms with Gasteiger partial charge >= 0.3 is 13.6 Å². The summed E-state index contributed by atoms with van der Waals surface area (Å²) < 4.78 is 34.2. The van der Waals surface area contributed by atoms with E-state index in [1.807, 2.05) is 27.0 Å². The quantitative estimate of drug-likeness (QED) is 0.176. The lowest BCUT2D eigenvalue weighted by Crippen LogP contribution is -2.25. The van der Waals surface area contributed by atoms with Crippen LogP contribution in [0.25, 0.3) is 17.4 Å². The van der Waals surface area contributed by atoms with E-state index in [4.69, 9.17) is 19.5 Å². The molecular weight excluding hydrogens is 601 g/mol. The lowest BCUT2D eigenvalue weighted by molar-refractivity contribution is -0.152. The van der Waals surface area contributed by atoms with Crippen molar-refractivity contribution < 1.29 is 23.1 Å². The fourth-order valence-corrected chi connectivity index (χ4v) is 6.69. The van der Waals surface area contributed by atoms with Gasteiger partial charge in [0.2, 0.25) is 5.95 Å². The minimum absolute atomic E-state index is 0.00120. The summed E-state index contributed by atoms with van der Waals surface area (Å²) >= 11 is 3.39. The van der Waals surface area contributed by atoms with Gasteiger partial charge in [-0.15, -0.1) is 0 Å². The third-order valence-electron chi connectivity index (χ3n) is 7.02. The summed E-state index contributed by atoms with van der Waals surface area (Å²) in [5.74, 6) is -0.752. The maximum absolute atomic E-state index is 14.1. The molecule has 2 aromatic heterocycles. The van der Waals surface area contributed by atoms with Crippen LogP contribution in [0.3, 0.4) is 0 Å². The molecule has 1 aliphatic carbocycles. The Morgan fingerprint density at radius 1 is 1.30 bits per heavy atom. The third-order valence-corrected chi connectivity index (χ3v) is 9.55. The third kappa shape index (κ3) is 7.03. The topological polar surface area (TPSA) is 151 Å². The summed E-state index contributed by atoms with van der Waals surface area (Å²) in [6.07, 6.45) is 6.04. The van der Waals surface area contributed by atoms with Crippen LogP contribution in [0.5, 0.6) is 5.75 Å². The van der Waals surface area contributed by atoms with Crippen LogP contribution in [0.15, 0.2) is 45.4 Å². The van der Waals surface area contributed by atoms with Crippen LogP contribution in [0, 0.1) is 11.3 Å². The van der Waals surface area contributed by atoms with E-state index in [1.54, 1.807) is 35.8 Å². The highest BCUT2D eigenvalue weighted by molar-refractivity contribution is 9.10. The second kappa shape index (κ2) is 12.3. The molecule has 1 aromatic carbocycles. The van der Waals surface area contributed by atoms with Crippen molar-refractivity contribution in [3.63, 3.8) is 0 Å². The van der Waals surface area contributed by atoms with Crippen molar-refractivity contribution in [1.29, 1.82) is 0 Å². The molecule has 40 heavy (non-hydrogen) atoms. The number of anilines is 1. The molecule has 0 spiro atoms. The Kier molecular flexibility index (Phi) is 9.22. The molecule has 1 saturated carbocycles. The summed E-state index contributed by atoms with van der Waals surface area (Å²) in [5.41, 5.74) is 6.47. The van der Waals surface area contributed by atoms with Crippen LogP contribution in [0.1, 0.15) is 53.4 Å². The number of nitrogen functional groups attached to an aromatic ring is 1. The van der Waals surface area contributed by atoms with Gasteiger partial charge in [-0.3, -0.25) is 23.7 Å². The maximum Gasteiger partial charge on any atom is 0.380 e. The number of nitrogens with two attached hydrogens (primary N) is 1. The number of halogens is 1. The summed E-state index contributed by atoms with van der Waals surface area (Å²) in [6, 6.07) is 6.94. The van der Waals surface area contributed by atoms with Gasteiger partial charge in [-0.1, -0.05) is 43.1 Å². The number of H-pyrrole nitrogens is 1. The van der Waals surface area contributed by atoms with Gasteiger partial charge in [-0.05, 0) is 56.0 Å². The highest BCUT2D eigenvalue weighted by Gasteiger charge is 2.49. The minimum atomic E-state index is -3.78. The number of hydrogen-bond acceptors (Lipinski definition) is 9. The number of ether oxygens (including phenoxy) is 1. The molecule has 1 fully saturated rings. The lowest BCUT2D eigenvalue weighted by Gasteiger charge is -2.24. The molecule has 13 heteroatoms. The standard InChI is InChI=1S/C27H35BrN5O6P/c1-5-7-18(4)38-25(35)17(3)14-40(36,39-21-10-8-20(28)9-11-21)37-15-27(6-2)12-19(27)13-33-16-30-22-23(33)31-26(29)32-24(22)34/h8-11,13,16-18H,5-7,12,14-15H2,1-4H3,(H3,29,31,32,34)/b19-13-/t17-,18+,27+,40+/m1/s1. The van der Waals surface area contributed by atoms with Gasteiger partial charge in [0.1, 0.15) is 12.1 Å². The molecule has 0 unspecified atom stereocenters. The van der Waals surface area contributed by atoms with Crippen LogP contribution in [-0.4, -0.2) is 44.4 Å². The average molecular weight is 636 g/mol. The normalized spacial score (nSPS) is 20.7. The molecule has 11 nitrogen and oxygen atoms in total. The summed E-state index contributed by atoms with van der Waals surface area (Å²) in [4.78, 5) is 35.7. The van der Waals surface area contributed by atoms with Crippen molar-refractivity contribution in [2.45, 2.75) is 59.5 Å². The van der Waals surface area contributed by atoms with Crippen molar-refractivity contribution in [3.05, 3.63) is 51.0 Å². The summed E-state index contributed by atoms with van der Waals surface area (Å²) in [7, 11) is -3.78. The number of carbonyl (C=O) groups excluding carboxylic acids is 1. The molecule has 0 bridgehead atoms. The first-order valence-electron chi connectivity index (χ1n) is 13.3. The Morgan fingerprint density at radius 2 is 2.02 bits per heavy atom. The number of esters is 1. The first-order chi connectivity index (χ1) is 19.0. The highest BCUT2D eigenvalue weighted by atomic mass is 79.9. The SMILES string of the molecule is CCC[C@H](C)OC(=O)[C@H](C)C[P@](=O)(OC[C@]1(CC)C/C1=C/n1cnc2c(=O)[nH]c(N)nc21)Oc1ccc(Br)cc1. The van der Waals surface area contributed by atoms with Crippen LogP contribution in [0.4, 0.5) is 5.95 Å².